The molecule has 0 bridgehead atoms. The summed E-state index contributed by atoms with van der Waals surface area (Å²) >= 11 is 0. The van der Waals surface area contributed by atoms with E-state index in [1.807, 2.05) is 0 Å². The van der Waals surface area contributed by atoms with E-state index in [2.05, 4.69) is 39.2 Å². The Kier molecular flexibility index (Phi) is 3.55. The van der Waals surface area contributed by atoms with Gasteiger partial charge in [-0.1, -0.05) is 26.0 Å². The molecule has 76 valence electrons. The molecule has 1 atom stereocenters. The zero-order chi connectivity index (χ0) is 10.0. The Bertz CT molecular complexity index is 182. The number of likely N-dealkylation sites (tertiary alicyclic amines) is 1. The first-order chi connectivity index (χ1) is 6.04. The smallest absolute Gasteiger partial charge is 0.0310 e. The molecular weight excluding hydrogens is 158 g/mol. The highest BCUT2D eigenvalue weighted by Crippen LogP contribution is 2.28. The third-order valence-corrected chi connectivity index (χ3v) is 3.13. The molecule has 1 rings (SSSR count). The minimum Gasteiger partial charge on any atom is -0.294 e. The van der Waals surface area contributed by atoms with Crippen LogP contribution >= 0.6 is 0 Å². The summed E-state index contributed by atoms with van der Waals surface area (Å²) < 4.78 is 0. The molecule has 0 unspecified atom stereocenters. The van der Waals surface area contributed by atoms with Crippen molar-refractivity contribution in [2.75, 3.05) is 6.54 Å². The highest BCUT2D eigenvalue weighted by molar-refractivity contribution is 5.11. The van der Waals surface area contributed by atoms with Gasteiger partial charge in [-0.2, -0.15) is 0 Å². The monoisotopic (exact) mass is 181 g/mol. The maximum Gasteiger partial charge on any atom is 0.0310 e. The lowest BCUT2D eigenvalue weighted by Crippen LogP contribution is -2.37. The van der Waals surface area contributed by atoms with Gasteiger partial charge >= 0.3 is 0 Å². The second kappa shape index (κ2) is 4.28. The molecule has 0 aromatic heterocycles. The van der Waals surface area contributed by atoms with E-state index in [-0.39, 0.29) is 0 Å². The van der Waals surface area contributed by atoms with Gasteiger partial charge in [-0.3, -0.25) is 4.90 Å². The first-order valence-electron chi connectivity index (χ1n) is 5.48. The Labute approximate surface area is 82.8 Å². The minimum absolute atomic E-state index is 0.629. The standard InChI is InChI=1S/C12H23N/c1-9(2)11(5)12-7-6-8-13(12)10(3)4/h9-10,12H,5-8H2,1-4H3/t12-/m0/s1. The van der Waals surface area contributed by atoms with Crippen LogP contribution in [0.1, 0.15) is 40.5 Å². The Morgan fingerprint density at radius 2 is 1.92 bits per heavy atom. The van der Waals surface area contributed by atoms with Crippen molar-refractivity contribution in [2.24, 2.45) is 5.92 Å². The van der Waals surface area contributed by atoms with E-state index < -0.39 is 0 Å². The van der Waals surface area contributed by atoms with E-state index in [1.54, 1.807) is 0 Å². The molecule has 1 fully saturated rings. The van der Waals surface area contributed by atoms with Crippen molar-refractivity contribution in [2.45, 2.75) is 52.6 Å². The van der Waals surface area contributed by atoms with Crippen molar-refractivity contribution in [3.05, 3.63) is 12.2 Å². The molecular formula is C12H23N. The molecule has 0 aliphatic carbocycles. The van der Waals surface area contributed by atoms with Crippen molar-refractivity contribution in [3.63, 3.8) is 0 Å². The molecule has 0 amide bonds. The van der Waals surface area contributed by atoms with Gasteiger partial charge < -0.3 is 0 Å². The van der Waals surface area contributed by atoms with Crippen molar-refractivity contribution in [1.82, 2.24) is 4.90 Å². The average molecular weight is 181 g/mol. The first-order valence-corrected chi connectivity index (χ1v) is 5.48. The predicted molar refractivity (Wildman–Crippen MR) is 58.8 cm³/mol. The zero-order valence-corrected chi connectivity index (χ0v) is 9.51. The third kappa shape index (κ3) is 2.34. The van der Waals surface area contributed by atoms with Crippen LogP contribution in [0.25, 0.3) is 0 Å². The van der Waals surface area contributed by atoms with Gasteiger partial charge in [0.2, 0.25) is 0 Å². The van der Waals surface area contributed by atoms with Crippen molar-refractivity contribution in [1.29, 1.82) is 0 Å². The molecule has 1 aliphatic rings. The SMILES string of the molecule is C=C(C(C)C)[C@@H]1CCCN1C(C)C. The quantitative estimate of drug-likeness (QED) is 0.605. The van der Waals surface area contributed by atoms with Crippen LogP contribution in [0.15, 0.2) is 12.2 Å². The molecule has 0 N–H and O–H groups in total. The number of hydrogen-bond acceptors (Lipinski definition) is 1. The van der Waals surface area contributed by atoms with Crippen LogP contribution in [0, 0.1) is 5.92 Å². The van der Waals surface area contributed by atoms with Gasteiger partial charge in [-0.15, -0.1) is 0 Å². The largest absolute Gasteiger partial charge is 0.294 e. The van der Waals surface area contributed by atoms with E-state index in [1.165, 1.54) is 25.0 Å². The van der Waals surface area contributed by atoms with Gasteiger partial charge in [0.1, 0.15) is 0 Å². The van der Waals surface area contributed by atoms with E-state index in [4.69, 9.17) is 0 Å². The summed E-state index contributed by atoms with van der Waals surface area (Å²) in [6.45, 7) is 14.6. The number of nitrogens with zero attached hydrogens (tertiary/aromatic N) is 1. The summed E-state index contributed by atoms with van der Waals surface area (Å²) in [6.07, 6.45) is 2.66. The summed E-state index contributed by atoms with van der Waals surface area (Å²) in [7, 11) is 0. The lowest BCUT2D eigenvalue weighted by Gasteiger charge is -2.31. The van der Waals surface area contributed by atoms with Crippen LogP contribution in [-0.2, 0) is 0 Å². The van der Waals surface area contributed by atoms with Crippen LogP contribution in [0.5, 0.6) is 0 Å². The maximum atomic E-state index is 4.23. The maximum absolute atomic E-state index is 4.23. The number of hydrogen-bond donors (Lipinski definition) is 0. The van der Waals surface area contributed by atoms with E-state index in [0.29, 0.717) is 18.0 Å². The van der Waals surface area contributed by atoms with Crippen molar-refractivity contribution < 1.29 is 0 Å². The van der Waals surface area contributed by atoms with Crippen LogP contribution in [-0.4, -0.2) is 23.5 Å². The predicted octanol–water partition coefficient (Wildman–Crippen LogP) is 3.07. The summed E-state index contributed by atoms with van der Waals surface area (Å²) in [5.41, 5.74) is 1.42. The first kappa shape index (κ1) is 10.8. The van der Waals surface area contributed by atoms with Gasteiger partial charge in [0.05, 0.1) is 0 Å². The third-order valence-electron chi connectivity index (χ3n) is 3.13. The Morgan fingerprint density at radius 1 is 1.31 bits per heavy atom. The molecule has 0 saturated carbocycles. The van der Waals surface area contributed by atoms with Gasteiger partial charge in [-0.25, -0.2) is 0 Å². The minimum atomic E-state index is 0.629. The zero-order valence-electron chi connectivity index (χ0n) is 9.51. The van der Waals surface area contributed by atoms with Gasteiger partial charge in [0.25, 0.3) is 0 Å². The second-order valence-corrected chi connectivity index (χ2v) is 4.72. The van der Waals surface area contributed by atoms with Crippen LogP contribution in [0.3, 0.4) is 0 Å². The Balaban J connectivity index is 2.63. The van der Waals surface area contributed by atoms with Crippen molar-refractivity contribution in [3.8, 4) is 0 Å². The van der Waals surface area contributed by atoms with E-state index in [0.717, 1.165) is 0 Å². The lowest BCUT2D eigenvalue weighted by molar-refractivity contribution is 0.219. The molecule has 0 spiro atoms. The van der Waals surface area contributed by atoms with E-state index in [9.17, 15) is 0 Å². The molecule has 1 heterocycles. The molecule has 1 saturated heterocycles. The molecule has 13 heavy (non-hydrogen) atoms. The summed E-state index contributed by atoms with van der Waals surface area (Å²) in [5.74, 6) is 0.629. The Hall–Kier alpha value is -0.300. The van der Waals surface area contributed by atoms with Crippen LogP contribution in [0.2, 0.25) is 0 Å². The normalized spacial score (nSPS) is 24.6. The topological polar surface area (TPSA) is 3.24 Å². The molecule has 0 aromatic carbocycles. The summed E-state index contributed by atoms with van der Waals surface area (Å²) in [4.78, 5) is 2.59. The molecule has 1 aliphatic heterocycles. The fraction of sp³-hybridized carbons (Fsp3) is 0.833. The van der Waals surface area contributed by atoms with E-state index >= 15 is 0 Å². The molecule has 0 aromatic rings. The fourth-order valence-electron chi connectivity index (χ4n) is 2.19. The summed E-state index contributed by atoms with van der Waals surface area (Å²) in [6, 6.07) is 1.32. The fourth-order valence-corrected chi connectivity index (χ4v) is 2.19. The average Bonchev–Trinajstić information content (AvgIpc) is 2.50. The highest BCUT2D eigenvalue weighted by Gasteiger charge is 2.29. The molecule has 1 nitrogen and oxygen atoms in total. The van der Waals surface area contributed by atoms with Crippen LogP contribution < -0.4 is 0 Å². The Morgan fingerprint density at radius 3 is 2.38 bits per heavy atom. The number of rotatable bonds is 3. The molecule has 1 heteroatoms. The van der Waals surface area contributed by atoms with Gasteiger partial charge in [0, 0.05) is 12.1 Å². The van der Waals surface area contributed by atoms with Gasteiger partial charge in [-0.05, 0) is 39.2 Å². The second-order valence-electron chi connectivity index (χ2n) is 4.72. The van der Waals surface area contributed by atoms with Gasteiger partial charge in [0.15, 0.2) is 0 Å². The molecule has 0 radical (unpaired) electrons. The highest BCUT2D eigenvalue weighted by atomic mass is 15.2. The van der Waals surface area contributed by atoms with Crippen LogP contribution in [0.4, 0.5) is 0 Å². The van der Waals surface area contributed by atoms with Crippen molar-refractivity contribution >= 4 is 0 Å². The lowest BCUT2D eigenvalue weighted by atomic mass is 9.95. The summed E-state index contributed by atoms with van der Waals surface area (Å²) in [5, 5.41) is 0.